The number of rotatable bonds is 5. The lowest BCUT2D eigenvalue weighted by atomic mass is 10.1. The molecular formula is C15H19Cl2NO5. The summed E-state index contributed by atoms with van der Waals surface area (Å²) in [5.74, 6) is -0.867. The van der Waals surface area contributed by atoms with Crippen LogP contribution in [-0.4, -0.2) is 48.7 Å². The molecule has 0 radical (unpaired) electrons. The van der Waals surface area contributed by atoms with Gasteiger partial charge in [0.15, 0.2) is 11.5 Å². The number of likely N-dealkylation sites (tertiary alicyclic amines) is 1. The fraction of sp³-hybridized carbons (Fsp3) is 0.467. The Hall–Kier alpha value is -1.66. The van der Waals surface area contributed by atoms with E-state index in [-0.39, 0.29) is 24.9 Å². The number of amides is 1. The molecule has 1 amide bonds. The second-order valence-electron chi connectivity index (χ2n) is 5.00. The number of hydrogen-bond donors (Lipinski definition) is 1. The molecule has 1 heterocycles. The van der Waals surface area contributed by atoms with Crippen molar-refractivity contribution in [3.63, 3.8) is 0 Å². The summed E-state index contributed by atoms with van der Waals surface area (Å²) in [4.78, 5) is 25.0. The van der Waals surface area contributed by atoms with Gasteiger partial charge in [0, 0.05) is 18.7 Å². The van der Waals surface area contributed by atoms with Crippen LogP contribution in [0, 0.1) is 5.92 Å². The maximum Gasteiger partial charge on any atom is 0.308 e. The van der Waals surface area contributed by atoms with Crippen molar-refractivity contribution in [3.8, 4) is 11.5 Å². The van der Waals surface area contributed by atoms with Gasteiger partial charge in [-0.05, 0) is 25.5 Å². The largest absolute Gasteiger partial charge is 0.493 e. The Balaban J connectivity index is 0.00000264. The summed E-state index contributed by atoms with van der Waals surface area (Å²) in [6.07, 6.45) is 0.461. The Bertz CT molecular complexity index is 593. The number of halogens is 2. The predicted octanol–water partition coefficient (Wildman–Crippen LogP) is 2.72. The van der Waals surface area contributed by atoms with Gasteiger partial charge in [-0.2, -0.15) is 0 Å². The zero-order chi connectivity index (χ0) is 16.3. The number of nitrogens with zero attached hydrogens (tertiary/aromatic N) is 1. The van der Waals surface area contributed by atoms with E-state index in [0.717, 1.165) is 0 Å². The number of carbonyl (C=O) groups is 2. The average molecular weight is 364 g/mol. The van der Waals surface area contributed by atoms with Gasteiger partial charge in [0.2, 0.25) is 0 Å². The van der Waals surface area contributed by atoms with Gasteiger partial charge >= 0.3 is 5.97 Å². The minimum Gasteiger partial charge on any atom is -0.493 e. The van der Waals surface area contributed by atoms with Crippen LogP contribution in [0.15, 0.2) is 12.1 Å². The number of hydrogen-bond acceptors (Lipinski definition) is 4. The average Bonchev–Trinajstić information content (AvgIpc) is 2.98. The Morgan fingerprint density at radius 2 is 2.13 bits per heavy atom. The minimum atomic E-state index is -0.877. The maximum atomic E-state index is 12.5. The molecule has 0 aliphatic carbocycles. The van der Waals surface area contributed by atoms with Crippen LogP contribution >= 0.6 is 24.0 Å². The Morgan fingerprint density at radius 3 is 2.65 bits per heavy atom. The van der Waals surface area contributed by atoms with E-state index >= 15 is 0 Å². The molecule has 1 aliphatic rings. The summed E-state index contributed by atoms with van der Waals surface area (Å²) in [6, 6.07) is 3.08. The van der Waals surface area contributed by atoms with Crippen LogP contribution in [0.25, 0.3) is 0 Å². The molecule has 1 atom stereocenters. The van der Waals surface area contributed by atoms with E-state index in [2.05, 4.69) is 0 Å². The maximum absolute atomic E-state index is 12.5. The molecule has 1 saturated heterocycles. The zero-order valence-corrected chi connectivity index (χ0v) is 14.4. The highest BCUT2D eigenvalue weighted by Gasteiger charge is 2.31. The smallest absolute Gasteiger partial charge is 0.308 e. The standard InChI is InChI=1S/C15H18ClNO5.ClH/c1-3-22-13-11(16)6-10(7-12(13)21-2)14(18)17-5-4-9(8-17)15(19)20;/h6-7,9H,3-5,8H2,1-2H3,(H,19,20);1H. The lowest BCUT2D eigenvalue weighted by Crippen LogP contribution is -2.30. The van der Waals surface area contributed by atoms with Gasteiger partial charge in [0.05, 0.1) is 24.7 Å². The van der Waals surface area contributed by atoms with E-state index in [1.54, 1.807) is 6.07 Å². The van der Waals surface area contributed by atoms with Crippen molar-refractivity contribution >= 4 is 35.9 Å². The summed E-state index contributed by atoms with van der Waals surface area (Å²) >= 11 is 6.15. The van der Waals surface area contributed by atoms with E-state index in [1.165, 1.54) is 18.1 Å². The van der Waals surface area contributed by atoms with Gasteiger partial charge in [0.25, 0.3) is 5.91 Å². The third-order valence-corrected chi connectivity index (χ3v) is 3.87. The second-order valence-corrected chi connectivity index (χ2v) is 5.40. The zero-order valence-electron chi connectivity index (χ0n) is 12.9. The predicted molar refractivity (Wildman–Crippen MR) is 88.1 cm³/mol. The first kappa shape index (κ1) is 19.4. The molecule has 1 aliphatic heterocycles. The molecule has 1 fully saturated rings. The number of aliphatic carboxylic acids is 1. The molecule has 0 bridgehead atoms. The van der Waals surface area contributed by atoms with Crippen LogP contribution in [0.3, 0.4) is 0 Å². The third kappa shape index (κ3) is 4.20. The van der Waals surface area contributed by atoms with Crippen molar-refractivity contribution in [1.82, 2.24) is 4.90 Å². The van der Waals surface area contributed by atoms with Gasteiger partial charge in [-0.3, -0.25) is 9.59 Å². The van der Waals surface area contributed by atoms with Gasteiger partial charge in [-0.15, -0.1) is 12.4 Å². The fourth-order valence-corrected chi connectivity index (χ4v) is 2.72. The van der Waals surface area contributed by atoms with E-state index in [9.17, 15) is 9.59 Å². The van der Waals surface area contributed by atoms with Crippen LogP contribution in [0.1, 0.15) is 23.7 Å². The Morgan fingerprint density at radius 1 is 1.43 bits per heavy atom. The van der Waals surface area contributed by atoms with Gasteiger partial charge in [-0.1, -0.05) is 11.6 Å². The molecule has 0 spiro atoms. The number of carboxylic acids is 1. The summed E-state index contributed by atoms with van der Waals surface area (Å²) in [5, 5.41) is 9.30. The lowest BCUT2D eigenvalue weighted by molar-refractivity contribution is -0.141. The normalized spacial score (nSPS) is 16.7. The van der Waals surface area contributed by atoms with Gasteiger partial charge in [0.1, 0.15) is 0 Å². The molecule has 128 valence electrons. The van der Waals surface area contributed by atoms with Crippen molar-refractivity contribution in [1.29, 1.82) is 0 Å². The quantitative estimate of drug-likeness (QED) is 0.870. The molecule has 0 aromatic heterocycles. The number of benzene rings is 1. The molecule has 23 heavy (non-hydrogen) atoms. The highest BCUT2D eigenvalue weighted by molar-refractivity contribution is 6.32. The summed E-state index contributed by atoms with van der Waals surface area (Å²) in [7, 11) is 1.47. The number of carbonyl (C=O) groups excluding carboxylic acids is 1. The van der Waals surface area contributed by atoms with Crippen molar-refractivity contribution in [3.05, 3.63) is 22.7 Å². The number of methoxy groups -OCH3 is 1. The molecule has 8 heteroatoms. The first-order chi connectivity index (χ1) is 10.5. The van der Waals surface area contributed by atoms with Crippen LogP contribution in [0.4, 0.5) is 0 Å². The van der Waals surface area contributed by atoms with Gasteiger partial charge < -0.3 is 19.5 Å². The Kier molecular flexibility index (Phi) is 6.97. The van der Waals surface area contributed by atoms with Crippen molar-refractivity contribution in [2.24, 2.45) is 5.92 Å². The number of ether oxygens (including phenoxy) is 2. The van der Waals surface area contributed by atoms with Crippen molar-refractivity contribution in [2.75, 3.05) is 26.8 Å². The molecule has 0 saturated carbocycles. The minimum absolute atomic E-state index is 0. The van der Waals surface area contributed by atoms with E-state index in [0.29, 0.717) is 41.7 Å². The van der Waals surface area contributed by atoms with Crippen molar-refractivity contribution in [2.45, 2.75) is 13.3 Å². The highest BCUT2D eigenvalue weighted by Crippen LogP contribution is 2.37. The van der Waals surface area contributed by atoms with Crippen LogP contribution in [0.2, 0.25) is 5.02 Å². The monoisotopic (exact) mass is 363 g/mol. The molecule has 1 aromatic carbocycles. The topological polar surface area (TPSA) is 76.1 Å². The lowest BCUT2D eigenvalue weighted by Gasteiger charge is -2.18. The van der Waals surface area contributed by atoms with Crippen molar-refractivity contribution < 1.29 is 24.2 Å². The Labute approximate surface area is 145 Å². The molecule has 1 unspecified atom stereocenters. The SMILES string of the molecule is CCOc1c(Cl)cc(C(=O)N2CCC(C(=O)O)C2)cc1OC.Cl. The molecule has 2 rings (SSSR count). The number of carboxylic acid groups (broad SMARTS) is 1. The third-order valence-electron chi connectivity index (χ3n) is 3.59. The van der Waals surface area contributed by atoms with Crippen LogP contribution in [-0.2, 0) is 4.79 Å². The highest BCUT2D eigenvalue weighted by atomic mass is 35.5. The molecule has 1 N–H and O–H groups in total. The molecular weight excluding hydrogens is 345 g/mol. The second kappa shape index (κ2) is 8.26. The molecule has 1 aromatic rings. The summed E-state index contributed by atoms with van der Waals surface area (Å²) in [6.45, 7) is 2.88. The van der Waals surface area contributed by atoms with Crippen LogP contribution in [0.5, 0.6) is 11.5 Å². The first-order valence-electron chi connectivity index (χ1n) is 7.00. The fourth-order valence-electron chi connectivity index (χ4n) is 2.46. The van der Waals surface area contributed by atoms with E-state index in [1.807, 2.05) is 6.92 Å². The van der Waals surface area contributed by atoms with Crippen LogP contribution < -0.4 is 9.47 Å². The molecule has 6 nitrogen and oxygen atoms in total. The van der Waals surface area contributed by atoms with E-state index in [4.69, 9.17) is 26.2 Å². The van der Waals surface area contributed by atoms with Gasteiger partial charge in [-0.25, -0.2) is 0 Å². The summed E-state index contributed by atoms with van der Waals surface area (Å²) < 4.78 is 10.6. The summed E-state index contributed by atoms with van der Waals surface area (Å²) in [5.41, 5.74) is 0.358. The first-order valence-corrected chi connectivity index (χ1v) is 7.38. The van der Waals surface area contributed by atoms with E-state index < -0.39 is 11.9 Å².